The van der Waals surface area contributed by atoms with Crippen LogP contribution in [0.3, 0.4) is 0 Å². The van der Waals surface area contributed by atoms with Crippen LogP contribution in [0.5, 0.6) is 0 Å². The van der Waals surface area contributed by atoms with Crippen molar-refractivity contribution < 1.29 is 0 Å². The van der Waals surface area contributed by atoms with Gasteiger partial charge in [0.05, 0.1) is 5.54 Å². The molecule has 1 aliphatic heterocycles. The summed E-state index contributed by atoms with van der Waals surface area (Å²) in [4.78, 5) is 2.63. The lowest BCUT2D eigenvalue weighted by Crippen LogP contribution is -2.45. The Hall–Kier alpha value is -1.24. The number of benzene rings is 1. The fourth-order valence-corrected chi connectivity index (χ4v) is 3.64. The van der Waals surface area contributed by atoms with Gasteiger partial charge in [-0.05, 0) is 37.4 Å². The van der Waals surface area contributed by atoms with Gasteiger partial charge >= 0.3 is 0 Å². The summed E-state index contributed by atoms with van der Waals surface area (Å²) in [5.41, 5.74) is 1.81. The minimum Gasteiger partial charge on any atom is -0.368 e. The van der Waals surface area contributed by atoms with Gasteiger partial charge in [-0.15, -0.1) is 0 Å². The van der Waals surface area contributed by atoms with Gasteiger partial charge in [0.2, 0.25) is 0 Å². The van der Waals surface area contributed by atoms with Gasteiger partial charge in [-0.1, -0.05) is 55.7 Å². The normalized spacial score (nSPS) is 23.0. The van der Waals surface area contributed by atoms with Crippen LogP contribution in [0.2, 0.25) is 0 Å². The maximum absolute atomic E-state index is 2.63. The number of allylic oxidation sites excluding steroid dienone is 1. The Bertz CT molecular complexity index is 401. The van der Waals surface area contributed by atoms with Gasteiger partial charge in [-0.3, -0.25) is 0 Å². The van der Waals surface area contributed by atoms with E-state index in [4.69, 9.17) is 0 Å². The van der Waals surface area contributed by atoms with Crippen LogP contribution in [0.4, 0.5) is 0 Å². The van der Waals surface area contributed by atoms with Crippen molar-refractivity contribution in [2.75, 3.05) is 6.54 Å². The molecule has 0 aromatic heterocycles. The van der Waals surface area contributed by atoms with Gasteiger partial charge in [0.15, 0.2) is 0 Å². The summed E-state index contributed by atoms with van der Waals surface area (Å²) >= 11 is 0. The van der Waals surface area contributed by atoms with Gasteiger partial charge in [0.25, 0.3) is 0 Å². The minimum absolute atomic E-state index is 0.288. The first-order valence-corrected chi connectivity index (χ1v) is 7.41. The third kappa shape index (κ3) is 2.07. The van der Waals surface area contributed by atoms with Crippen LogP contribution >= 0.6 is 0 Å². The quantitative estimate of drug-likeness (QED) is 0.739. The molecule has 0 spiro atoms. The van der Waals surface area contributed by atoms with E-state index in [0.717, 1.165) is 0 Å². The Morgan fingerprint density at radius 3 is 2.33 bits per heavy atom. The molecular formula is C17H23N. The zero-order valence-corrected chi connectivity index (χ0v) is 11.1. The number of nitrogens with zero attached hydrogens (tertiary/aromatic N) is 1. The van der Waals surface area contributed by atoms with E-state index >= 15 is 0 Å². The molecule has 0 amide bonds. The summed E-state index contributed by atoms with van der Waals surface area (Å²) in [6.45, 7) is 1.23. The molecule has 0 saturated heterocycles. The van der Waals surface area contributed by atoms with Gasteiger partial charge in [-0.2, -0.15) is 0 Å². The predicted molar refractivity (Wildman–Crippen MR) is 76.3 cm³/mol. The minimum atomic E-state index is 0.288. The van der Waals surface area contributed by atoms with Crippen LogP contribution in [-0.4, -0.2) is 11.4 Å². The van der Waals surface area contributed by atoms with Crippen molar-refractivity contribution >= 4 is 0 Å². The Kier molecular flexibility index (Phi) is 3.40. The van der Waals surface area contributed by atoms with Crippen LogP contribution in [0.1, 0.15) is 50.5 Å². The lowest BCUT2D eigenvalue weighted by molar-refractivity contribution is 0.0879. The highest BCUT2D eigenvalue weighted by molar-refractivity contribution is 5.26. The van der Waals surface area contributed by atoms with Gasteiger partial charge < -0.3 is 4.90 Å². The molecule has 18 heavy (non-hydrogen) atoms. The van der Waals surface area contributed by atoms with E-state index in [1.54, 1.807) is 0 Å². The van der Waals surface area contributed by atoms with Crippen LogP contribution in [-0.2, 0) is 5.54 Å². The standard InChI is InChI=1S/C17H23N/c1-4-10-16(11-5-1)17(12-6-2-7-13-17)18-14-8-3-9-15-18/h1,4-5,8,10-11,14H,2-3,6-7,9,12-13,15H2. The molecule has 0 atom stereocenters. The van der Waals surface area contributed by atoms with Crippen LogP contribution in [0.25, 0.3) is 0 Å². The average molecular weight is 241 g/mol. The molecular weight excluding hydrogens is 218 g/mol. The fourth-order valence-electron chi connectivity index (χ4n) is 3.64. The molecule has 1 aromatic rings. The van der Waals surface area contributed by atoms with Gasteiger partial charge in [-0.25, -0.2) is 0 Å². The van der Waals surface area contributed by atoms with Crippen molar-refractivity contribution in [1.82, 2.24) is 4.90 Å². The molecule has 0 radical (unpaired) electrons. The van der Waals surface area contributed by atoms with Crippen LogP contribution in [0, 0.1) is 0 Å². The second-order valence-corrected chi connectivity index (χ2v) is 5.68. The third-order valence-corrected chi connectivity index (χ3v) is 4.60. The highest BCUT2D eigenvalue weighted by Gasteiger charge is 2.38. The molecule has 2 aliphatic rings. The molecule has 1 heterocycles. The molecule has 3 rings (SSSR count). The molecule has 1 nitrogen and oxygen atoms in total. The molecule has 0 bridgehead atoms. The highest BCUT2D eigenvalue weighted by Crippen LogP contribution is 2.43. The number of hydrogen-bond acceptors (Lipinski definition) is 1. The van der Waals surface area contributed by atoms with Crippen molar-refractivity contribution in [3.63, 3.8) is 0 Å². The smallest absolute Gasteiger partial charge is 0.0648 e. The number of hydrogen-bond donors (Lipinski definition) is 0. The lowest BCUT2D eigenvalue weighted by Gasteiger charge is -2.48. The lowest BCUT2D eigenvalue weighted by atomic mass is 9.75. The van der Waals surface area contributed by atoms with Crippen molar-refractivity contribution in [2.24, 2.45) is 0 Å². The van der Waals surface area contributed by atoms with E-state index < -0.39 is 0 Å². The van der Waals surface area contributed by atoms with Crippen molar-refractivity contribution in [1.29, 1.82) is 0 Å². The van der Waals surface area contributed by atoms with E-state index in [9.17, 15) is 0 Å². The SMILES string of the molecule is C1=CN(C2(c3ccccc3)CCCCC2)CCC1. The van der Waals surface area contributed by atoms with E-state index in [0.29, 0.717) is 0 Å². The van der Waals surface area contributed by atoms with Crippen molar-refractivity contribution in [2.45, 2.75) is 50.5 Å². The second kappa shape index (κ2) is 5.17. The largest absolute Gasteiger partial charge is 0.368 e. The fraction of sp³-hybridized carbons (Fsp3) is 0.529. The molecule has 1 saturated carbocycles. The zero-order chi connectivity index (χ0) is 12.3. The van der Waals surface area contributed by atoms with E-state index in [-0.39, 0.29) is 5.54 Å². The third-order valence-electron chi connectivity index (χ3n) is 4.60. The topological polar surface area (TPSA) is 3.24 Å². The van der Waals surface area contributed by atoms with E-state index in [1.807, 2.05) is 0 Å². The summed E-state index contributed by atoms with van der Waals surface area (Å²) in [5, 5.41) is 0. The molecule has 96 valence electrons. The van der Waals surface area contributed by atoms with Crippen LogP contribution in [0.15, 0.2) is 42.6 Å². The average Bonchev–Trinajstić information content (AvgIpc) is 2.50. The molecule has 1 aliphatic carbocycles. The molecule has 1 heteroatoms. The first-order chi connectivity index (χ1) is 8.92. The second-order valence-electron chi connectivity index (χ2n) is 5.68. The molecule has 1 aromatic carbocycles. The van der Waals surface area contributed by atoms with E-state index in [1.165, 1.54) is 57.1 Å². The summed E-state index contributed by atoms with van der Waals surface area (Å²) in [7, 11) is 0. The van der Waals surface area contributed by atoms with E-state index in [2.05, 4.69) is 47.5 Å². The van der Waals surface area contributed by atoms with Gasteiger partial charge in [0, 0.05) is 6.54 Å². The Morgan fingerprint density at radius 1 is 0.889 bits per heavy atom. The van der Waals surface area contributed by atoms with Crippen LogP contribution < -0.4 is 0 Å². The van der Waals surface area contributed by atoms with Gasteiger partial charge in [0.1, 0.15) is 0 Å². The molecule has 0 unspecified atom stereocenters. The monoisotopic (exact) mass is 241 g/mol. The Balaban J connectivity index is 1.97. The summed E-state index contributed by atoms with van der Waals surface area (Å²) in [6, 6.07) is 11.2. The Morgan fingerprint density at radius 2 is 1.67 bits per heavy atom. The zero-order valence-electron chi connectivity index (χ0n) is 11.1. The maximum Gasteiger partial charge on any atom is 0.0648 e. The maximum atomic E-state index is 2.63. The predicted octanol–water partition coefficient (Wildman–Crippen LogP) is 4.46. The van der Waals surface area contributed by atoms with Crippen molar-refractivity contribution in [3.8, 4) is 0 Å². The Labute approximate surface area is 111 Å². The molecule has 1 fully saturated rings. The highest BCUT2D eigenvalue weighted by atomic mass is 15.2. The first-order valence-electron chi connectivity index (χ1n) is 7.41. The summed E-state index contributed by atoms with van der Waals surface area (Å²) in [5.74, 6) is 0. The first kappa shape index (κ1) is 11.8. The molecule has 0 N–H and O–H groups in total. The van der Waals surface area contributed by atoms with Crippen molar-refractivity contribution in [3.05, 3.63) is 48.2 Å². The summed E-state index contributed by atoms with van der Waals surface area (Å²) < 4.78 is 0. The number of rotatable bonds is 2. The summed E-state index contributed by atoms with van der Waals surface area (Å²) in [6.07, 6.45) is 14.1.